The second kappa shape index (κ2) is 7.49. The molecule has 0 aliphatic rings. The van der Waals surface area contributed by atoms with E-state index in [1.54, 1.807) is 16.7 Å². The van der Waals surface area contributed by atoms with Crippen LogP contribution >= 0.6 is 0 Å². The third-order valence-electron chi connectivity index (χ3n) is 6.07. The van der Waals surface area contributed by atoms with Crippen LogP contribution < -0.4 is 11.1 Å². The van der Waals surface area contributed by atoms with Crippen molar-refractivity contribution in [2.75, 3.05) is 0 Å². The van der Waals surface area contributed by atoms with Crippen molar-refractivity contribution in [3.63, 3.8) is 0 Å². The molecule has 6 rings (SSSR count). The van der Waals surface area contributed by atoms with Crippen LogP contribution in [0, 0.1) is 10.1 Å². The molecule has 0 fully saturated rings. The topological polar surface area (TPSA) is 121 Å². The standard InChI is InChI=1S/C26H15N3O6/c1-28-21-5-3-2-4-20(21)27-25(28)18-12-17-22(35-26(18)31)11-10-16-23(30)19(13-34-24(16)17)14-6-8-15(9-7-14)29(32)33/h2-13H,1H3. The highest BCUT2D eigenvalue weighted by Crippen LogP contribution is 2.30. The summed E-state index contributed by atoms with van der Waals surface area (Å²) in [6.07, 6.45) is 1.31. The van der Waals surface area contributed by atoms with Crippen molar-refractivity contribution in [1.29, 1.82) is 0 Å². The van der Waals surface area contributed by atoms with Gasteiger partial charge in [0.1, 0.15) is 28.8 Å². The summed E-state index contributed by atoms with van der Waals surface area (Å²) in [6, 6.07) is 17.9. The van der Waals surface area contributed by atoms with Crippen LogP contribution in [0.15, 0.2) is 91.4 Å². The lowest BCUT2D eigenvalue weighted by molar-refractivity contribution is -0.384. The van der Waals surface area contributed by atoms with Gasteiger partial charge in [-0.05, 0) is 48.0 Å². The van der Waals surface area contributed by atoms with Crippen molar-refractivity contribution in [3.05, 3.63) is 104 Å². The van der Waals surface area contributed by atoms with Gasteiger partial charge in [0.2, 0.25) is 5.43 Å². The molecule has 3 aromatic heterocycles. The van der Waals surface area contributed by atoms with Crippen molar-refractivity contribution in [2.24, 2.45) is 7.05 Å². The number of imidazole rings is 1. The fourth-order valence-corrected chi connectivity index (χ4v) is 4.29. The molecular formula is C26H15N3O6. The summed E-state index contributed by atoms with van der Waals surface area (Å²) in [5, 5.41) is 11.7. The van der Waals surface area contributed by atoms with Crippen molar-refractivity contribution < 1.29 is 13.8 Å². The van der Waals surface area contributed by atoms with Crippen LogP contribution in [-0.4, -0.2) is 14.5 Å². The molecule has 0 aliphatic heterocycles. The zero-order valence-electron chi connectivity index (χ0n) is 18.2. The van der Waals surface area contributed by atoms with E-state index in [1.165, 1.54) is 36.6 Å². The van der Waals surface area contributed by atoms with Gasteiger partial charge in [0.25, 0.3) is 5.69 Å². The Morgan fingerprint density at radius 3 is 2.46 bits per heavy atom. The van der Waals surface area contributed by atoms with E-state index in [-0.39, 0.29) is 38.8 Å². The SMILES string of the molecule is Cn1c(-c2cc3c(ccc4c(=O)c(-c5ccc([N+](=O)[O-])cc5)coc43)oc2=O)nc2ccccc21. The van der Waals surface area contributed by atoms with Crippen LogP contribution in [0.5, 0.6) is 0 Å². The lowest BCUT2D eigenvalue weighted by Gasteiger charge is -2.07. The number of rotatable bonds is 3. The number of fused-ring (bicyclic) bond motifs is 4. The Kier molecular flexibility index (Phi) is 4.40. The Balaban J connectivity index is 1.57. The summed E-state index contributed by atoms with van der Waals surface area (Å²) in [7, 11) is 1.81. The molecule has 0 aliphatic carbocycles. The Bertz CT molecular complexity index is 1930. The summed E-state index contributed by atoms with van der Waals surface area (Å²) in [5.41, 5.74) is 2.20. The third kappa shape index (κ3) is 3.13. The van der Waals surface area contributed by atoms with Gasteiger partial charge in [0.05, 0.1) is 32.3 Å². The van der Waals surface area contributed by atoms with E-state index in [2.05, 4.69) is 4.98 Å². The lowest BCUT2D eigenvalue weighted by Crippen LogP contribution is -2.08. The lowest BCUT2D eigenvalue weighted by atomic mass is 10.0. The van der Waals surface area contributed by atoms with Crippen molar-refractivity contribution in [2.45, 2.75) is 0 Å². The number of aromatic nitrogens is 2. The first kappa shape index (κ1) is 20.5. The molecule has 0 amide bonds. The van der Waals surface area contributed by atoms with E-state index < -0.39 is 10.5 Å². The molecule has 9 heteroatoms. The predicted molar refractivity (Wildman–Crippen MR) is 130 cm³/mol. The van der Waals surface area contributed by atoms with Gasteiger partial charge >= 0.3 is 5.63 Å². The van der Waals surface area contributed by atoms with Crippen LogP contribution in [-0.2, 0) is 7.05 Å². The maximum Gasteiger partial charge on any atom is 0.347 e. The van der Waals surface area contributed by atoms with Gasteiger partial charge in [-0.3, -0.25) is 14.9 Å². The van der Waals surface area contributed by atoms with Gasteiger partial charge in [-0.15, -0.1) is 0 Å². The molecule has 0 unspecified atom stereocenters. The molecule has 0 bridgehead atoms. The van der Waals surface area contributed by atoms with E-state index in [0.29, 0.717) is 16.8 Å². The molecule has 0 N–H and O–H groups in total. The number of hydrogen-bond acceptors (Lipinski definition) is 7. The Morgan fingerprint density at radius 2 is 1.71 bits per heavy atom. The van der Waals surface area contributed by atoms with Crippen molar-refractivity contribution in [3.8, 4) is 22.5 Å². The molecule has 0 spiro atoms. The van der Waals surface area contributed by atoms with E-state index in [0.717, 1.165) is 11.0 Å². The molecule has 170 valence electrons. The highest BCUT2D eigenvalue weighted by atomic mass is 16.6. The van der Waals surface area contributed by atoms with Crippen LogP contribution in [0.1, 0.15) is 0 Å². The summed E-state index contributed by atoms with van der Waals surface area (Å²) >= 11 is 0. The monoisotopic (exact) mass is 465 g/mol. The van der Waals surface area contributed by atoms with Crippen LogP contribution in [0.2, 0.25) is 0 Å². The number of hydrogen-bond donors (Lipinski definition) is 0. The fraction of sp³-hybridized carbons (Fsp3) is 0.0385. The zero-order valence-corrected chi connectivity index (χ0v) is 18.2. The first-order valence-corrected chi connectivity index (χ1v) is 10.6. The average molecular weight is 465 g/mol. The average Bonchev–Trinajstić information content (AvgIpc) is 3.20. The normalized spacial score (nSPS) is 11.5. The predicted octanol–water partition coefficient (Wildman–Crippen LogP) is 5.03. The van der Waals surface area contributed by atoms with Gasteiger partial charge < -0.3 is 13.4 Å². The van der Waals surface area contributed by atoms with E-state index in [9.17, 15) is 19.7 Å². The van der Waals surface area contributed by atoms with Crippen LogP contribution in [0.3, 0.4) is 0 Å². The number of nitro benzene ring substituents is 1. The summed E-state index contributed by atoms with van der Waals surface area (Å²) in [5.74, 6) is 0.434. The molecule has 0 atom stereocenters. The van der Waals surface area contributed by atoms with Crippen molar-refractivity contribution >= 4 is 38.7 Å². The molecule has 35 heavy (non-hydrogen) atoms. The first-order valence-electron chi connectivity index (χ1n) is 10.6. The fourth-order valence-electron chi connectivity index (χ4n) is 4.29. The van der Waals surface area contributed by atoms with Crippen LogP contribution in [0.4, 0.5) is 5.69 Å². The Morgan fingerprint density at radius 1 is 0.943 bits per heavy atom. The molecule has 3 heterocycles. The third-order valence-corrected chi connectivity index (χ3v) is 6.07. The number of non-ortho nitro benzene ring substituents is 1. The zero-order chi connectivity index (χ0) is 24.3. The minimum Gasteiger partial charge on any atom is -0.463 e. The van der Waals surface area contributed by atoms with Gasteiger partial charge in [0.15, 0.2) is 0 Å². The highest BCUT2D eigenvalue weighted by Gasteiger charge is 2.19. The Labute approximate surface area is 195 Å². The molecule has 0 radical (unpaired) electrons. The van der Waals surface area contributed by atoms with Gasteiger partial charge in [-0.1, -0.05) is 12.1 Å². The minimum atomic E-state index is -0.555. The van der Waals surface area contributed by atoms with Crippen LogP contribution in [0.25, 0.3) is 55.5 Å². The number of aryl methyl sites for hydroxylation is 1. The van der Waals surface area contributed by atoms with Gasteiger partial charge in [-0.2, -0.15) is 0 Å². The number of nitrogens with zero attached hydrogens (tertiary/aromatic N) is 3. The molecule has 3 aromatic carbocycles. The van der Waals surface area contributed by atoms with Crippen molar-refractivity contribution in [1.82, 2.24) is 9.55 Å². The molecule has 9 nitrogen and oxygen atoms in total. The Hall–Kier alpha value is -5.05. The van der Waals surface area contributed by atoms with E-state index >= 15 is 0 Å². The second-order valence-electron chi connectivity index (χ2n) is 8.07. The summed E-state index contributed by atoms with van der Waals surface area (Å²) in [6.45, 7) is 0. The quantitative estimate of drug-likeness (QED) is 0.156. The molecule has 0 saturated heterocycles. The van der Waals surface area contributed by atoms with Gasteiger partial charge in [-0.25, -0.2) is 9.78 Å². The van der Waals surface area contributed by atoms with E-state index in [1.807, 2.05) is 31.3 Å². The molecule has 6 aromatic rings. The summed E-state index contributed by atoms with van der Waals surface area (Å²) < 4.78 is 13.2. The number of nitro groups is 1. The number of para-hydroxylation sites is 2. The minimum absolute atomic E-state index is 0.0746. The summed E-state index contributed by atoms with van der Waals surface area (Å²) in [4.78, 5) is 41.1. The van der Waals surface area contributed by atoms with E-state index in [4.69, 9.17) is 8.83 Å². The second-order valence-corrected chi connectivity index (χ2v) is 8.07. The molecule has 0 saturated carbocycles. The van der Waals surface area contributed by atoms with Gasteiger partial charge in [0, 0.05) is 19.2 Å². The molecular weight excluding hydrogens is 450 g/mol. The highest BCUT2D eigenvalue weighted by molar-refractivity contribution is 6.03. The largest absolute Gasteiger partial charge is 0.463 e. The number of benzene rings is 3. The maximum absolute atomic E-state index is 13.3. The first-order chi connectivity index (χ1) is 16.9. The smallest absolute Gasteiger partial charge is 0.347 e. The maximum atomic E-state index is 13.3.